The number of hydrogen-bond acceptors (Lipinski definition) is 7. The molecule has 0 heterocycles. The van der Waals surface area contributed by atoms with E-state index in [1.807, 2.05) is 0 Å². The molecule has 11 heteroatoms. The number of hydrogen-bond donors (Lipinski definition) is 1. The molecule has 0 unspecified atom stereocenters. The number of nitro benzene ring substituents is 2. The molecule has 0 amide bonds. The Morgan fingerprint density at radius 2 is 1.09 bits per heavy atom. The van der Waals surface area contributed by atoms with Crippen molar-refractivity contribution in [2.45, 2.75) is 0 Å². The number of nitrogens with zero attached hydrogens (tertiary/aromatic N) is 2. The molecule has 0 aliphatic carbocycles. The van der Waals surface area contributed by atoms with Crippen LogP contribution in [0.5, 0.6) is 11.5 Å². The fourth-order valence-corrected chi connectivity index (χ4v) is 2.44. The van der Waals surface area contributed by atoms with Crippen LogP contribution in [0.4, 0.5) is 11.4 Å². The number of rotatable bonds is 6. The minimum atomic E-state index is -4.05. The molecule has 0 radical (unpaired) electrons. The largest absolute Gasteiger partial charge is 0.510 e. The Balaban J connectivity index is 2.07. The van der Waals surface area contributed by atoms with Crippen molar-refractivity contribution in [2.24, 2.45) is 5.50 Å². The molecule has 2 aromatic carbocycles. The molecule has 23 heavy (non-hydrogen) atoms. The number of nitrogens with two attached hydrogens (primary N) is 1. The van der Waals surface area contributed by atoms with Crippen molar-refractivity contribution in [3.63, 3.8) is 0 Å². The fraction of sp³-hybridized carbons (Fsp3) is 0. The summed E-state index contributed by atoms with van der Waals surface area (Å²) < 4.78 is 22.0. The van der Waals surface area contributed by atoms with Crippen molar-refractivity contribution >= 4 is 19.1 Å². The molecule has 0 aliphatic heterocycles. The van der Waals surface area contributed by atoms with Gasteiger partial charge in [-0.05, 0) is 24.3 Å². The summed E-state index contributed by atoms with van der Waals surface area (Å²) in [6, 6.07) is 9.49. The topological polar surface area (TPSA) is 148 Å². The molecule has 0 aromatic heterocycles. The fourth-order valence-electron chi connectivity index (χ4n) is 1.57. The highest BCUT2D eigenvalue weighted by atomic mass is 31.2. The molecule has 0 fully saturated rings. The van der Waals surface area contributed by atoms with Gasteiger partial charge in [0.15, 0.2) is 0 Å². The van der Waals surface area contributed by atoms with Crippen LogP contribution in [0, 0.1) is 20.2 Å². The normalized spacial score (nSPS) is 10.8. The summed E-state index contributed by atoms with van der Waals surface area (Å²) in [6.07, 6.45) is 0. The van der Waals surface area contributed by atoms with Gasteiger partial charge in [0.2, 0.25) is 0 Å². The van der Waals surface area contributed by atoms with E-state index in [4.69, 9.17) is 14.6 Å². The summed E-state index contributed by atoms with van der Waals surface area (Å²) >= 11 is 0. The first-order valence-electron chi connectivity index (χ1n) is 6.03. The monoisotopic (exact) mass is 339 g/mol. The summed E-state index contributed by atoms with van der Waals surface area (Å²) in [5, 5.41) is 21.1. The molecule has 0 atom stereocenters. The Morgan fingerprint density at radius 1 is 0.783 bits per heavy atom. The Bertz CT molecular complexity index is 713. The van der Waals surface area contributed by atoms with Crippen LogP contribution in [0.3, 0.4) is 0 Å². The van der Waals surface area contributed by atoms with Crippen LogP contribution in [0.2, 0.25) is 0 Å². The van der Waals surface area contributed by atoms with Crippen molar-refractivity contribution in [3.05, 3.63) is 68.8 Å². The molecule has 0 aliphatic rings. The van der Waals surface area contributed by atoms with E-state index >= 15 is 0 Å². The van der Waals surface area contributed by atoms with E-state index in [0.717, 1.165) is 24.3 Å². The zero-order chi connectivity index (χ0) is 17.0. The lowest BCUT2D eigenvalue weighted by molar-refractivity contribution is -0.385. The van der Waals surface area contributed by atoms with Crippen LogP contribution in [-0.2, 0) is 4.57 Å². The maximum absolute atomic E-state index is 12.1. The zero-order valence-corrected chi connectivity index (χ0v) is 12.3. The Kier molecular flexibility index (Phi) is 4.58. The lowest BCUT2D eigenvalue weighted by Crippen LogP contribution is -2.09. The minimum Gasteiger partial charge on any atom is -0.405 e. The summed E-state index contributed by atoms with van der Waals surface area (Å²) in [5.41, 5.74) is 5.09. The smallest absolute Gasteiger partial charge is 0.405 e. The van der Waals surface area contributed by atoms with Crippen molar-refractivity contribution < 1.29 is 23.5 Å². The molecule has 120 valence electrons. The SMILES string of the molecule is NP(=O)(Oc1ccc([N+](=O)[O-])cc1)Oc1ccc([N+](=O)[O-])cc1. The van der Waals surface area contributed by atoms with Crippen molar-refractivity contribution in [3.8, 4) is 11.5 Å². The maximum atomic E-state index is 12.1. The maximum Gasteiger partial charge on any atom is 0.510 e. The van der Waals surface area contributed by atoms with Gasteiger partial charge in [-0.15, -0.1) is 0 Å². The van der Waals surface area contributed by atoms with Gasteiger partial charge in [0.05, 0.1) is 9.85 Å². The van der Waals surface area contributed by atoms with E-state index in [1.165, 1.54) is 24.3 Å². The third-order valence-corrected chi connectivity index (χ3v) is 3.49. The predicted octanol–water partition coefficient (Wildman–Crippen LogP) is 3.03. The standard InChI is InChI=1S/C12H10N3O7P/c13-23(20,21-11-5-1-9(2-6-11)14(16)17)22-12-7-3-10(4-8-12)15(18)19/h1-8H,(H2,13,20). The average molecular weight is 339 g/mol. The van der Waals surface area contributed by atoms with E-state index in [2.05, 4.69) is 0 Å². The van der Waals surface area contributed by atoms with E-state index in [1.54, 1.807) is 0 Å². The number of benzene rings is 2. The molecule has 0 saturated carbocycles. The predicted molar refractivity (Wildman–Crippen MR) is 79.2 cm³/mol. The van der Waals surface area contributed by atoms with Gasteiger partial charge in [0, 0.05) is 24.3 Å². The van der Waals surface area contributed by atoms with Crippen LogP contribution in [0.25, 0.3) is 0 Å². The molecule has 2 aromatic rings. The molecule has 0 bridgehead atoms. The van der Waals surface area contributed by atoms with Gasteiger partial charge in [-0.3, -0.25) is 20.2 Å². The summed E-state index contributed by atoms with van der Waals surface area (Å²) in [4.78, 5) is 19.9. The molecular weight excluding hydrogens is 329 g/mol. The zero-order valence-electron chi connectivity index (χ0n) is 11.4. The highest BCUT2D eigenvalue weighted by molar-refractivity contribution is 7.52. The van der Waals surface area contributed by atoms with Gasteiger partial charge in [-0.1, -0.05) is 0 Å². The van der Waals surface area contributed by atoms with E-state index in [0.29, 0.717) is 0 Å². The summed E-state index contributed by atoms with van der Waals surface area (Å²) in [6.45, 7) is 0. The van der Waals surface area contributed by atoms with E-state index in [-0.39, 0.29) is 22.9 Å². The van der Waals surface area contributed by atoms with E-state index in [9.17, 15) is 24.8 Å². The quantitative estimate of drug-likeness (QED) is 0.479. The Hall–Kier alpha value is -2.97. The van der Waals surface area contributed by atoms with Crippen LogP contribution < -0.4 is 14.6 Å². The second-order valence-corrected chi connectivity index (χ2v) is 5.67. The summed E-state index contributed by atoms with van der Waals surface area (Å²) in [7, 11) is -4.05. The van der Waals surface area contributed by atoms with Gasteiger partial charge < -0.3 is 9.05 Å². The lowest BCUT2D eigenvalue weighted by atomic mass is 10.3. The van der Waals surface area contributed by atoms with Gasteiger partial charge in [0.1, 0.15) is 11.5 Å². The Labute approximate surface area is 129 Å². The number of non-ortho nitro benzene ring substituents is 2. The third kappa shape index (κ3) is 4.50. The van der Waals surface area contributed by atoms with E-state index < -0.39 is 17.6 Å². The van der Waals surface area contributed by atoms with Crippen LogP contribution >= 0.6 is 7.75 Å². The lowest BCUT2D eigenvalue weighted by Gasteiger charge is -2.15. The molecule has 10 nitrogen and oxygen atoms in total. The second kappa shape index (κ2) is 6.42. The highest BCUT2D eigenvalue weighted by Gasteiger charge is 2.23. The Morgan fingerprint density at radius 3 is 1.35 bits per heavy atom. The first-order valence-corrected chi connectivity index (χ1v) is 7.65. The third-order valence-electron chi connectivity index (χ3n) is 2.56. The van der Waals surface area contributed by atoms with Crippen molar-refractivity contribution in [2.75, 3.05) is 0 Å². The highest BCUT2D eigenvalue weighted by Crippen LogP contribution is 2.41. The molecule has 0 spiro atoms. The van der Waals surface area contributed by atoms with Crippen LogP contribution in [0.15, 0.2) is 48.5 Å². The van der Waals surface area contributed by atoms with Crippen molar-refractivity contribution in [1.29, 1.82) is 0 Å². The first-order chi connectivity index (χ1) is 10.8. The van der Waals surface area contributed by atoms with Crippen LogP contribution in [-0.4, -0.2) is 9.85 Å². The minimum absolute atomic E-state index is 0.0170. The van der Waals surface area contributed by atoms with Gasteiger partial charge in [0.25, 0.3) is 11.4 Å². The number of nitro groups is 2. The van der Waals surface area contributed by atoms with Gasteiger partial charge >= 0.3 is 7.75 Å². The van der Waals surface area contributed by atoms with Gasteiger partial charge in [-0.25, -0.2) is 10.1 Å². The van der Waals surface area contributed by atoms with Gasteiger partial charge in [-0.2, -0.15) is 0 Å². The first kappa shape index (κ1) is 16.4. The average Bonchev–Trinajstić information content (AvgIpc) is 2.47. The molecule has 0 saturated heterocycles. The van der Waals surface area contributed by atoms with Crippen molar-refractivity contribution in [1.82, 2.24) is 0 Å². The second-order valence-electron chi connectivity index (χ2n) is 4.22. The molecular formula is C12H10N3O7P. The summed E-state index contributed by atoms with van der Waals surface area (Å²) in [5.74, 6) is 0.0340. The molecule has 2 N–H and O–H groups in total. The molecule has 2 rings (SSSR count). The van der Waals surface area contributed by atoms with Crippen LogP contribution in [0.1, 0.15) is 0 Å².